The van der Waals surface area contributed by atoms with Crippen LogP contribution in [0.2, 0.25) is 0 Å². The normalized spacial score (nSPS) is 14.1. The molecule has 1 aliphatic rings. The first-order valence-corrected chi connectivity index (χ1v) is 12.6. The monoisotopic (exact) mass is 488 g/mol. The van der Waals surface area contributed by atoms with Crippen molar-refractivity contribution in [3.05, 3.63) is 89.2 Å². The summed E-state index contributed by atoms with van der Waals surface area (Å²) < 4.78 is 26.2. The average molecular weight is 489 g/mol. The molecule has 1 fully saturated rings. The predicted molar refractivity (Wildman–Crippen MR) is 141 cm³/mol. The van der Waals surface area contributed by atoms with Gasteiger partial charge in [0.1, 0.15) is 23.9 Å². The van der Waals surface area contributed by atoms with Gasteiger partial charge >= 0.3 is 5.97 Å². The zero-order valence-corrected chi connectivity index (χ0v) is 20.9. The molecule has 188 valence electrons. The Bertz CT molecular complexity index is 1230. The molecule has 1 saturated carbocycles. The van der Waals surface area contributed by atoms with Crippen LogP contribution in [-0.2, 0) is 11.4 Å². The largest absolute Gasteiger partial charge is 0.497 e. The highest BCUT2D eigenvalue weighted by Gasteiger charge is 2.18. The number of carboxylic acid groups (broad SMARTS) is 1. The smallest absolute Gasteiger partial charge is 0.303 e. The quantitative estimate of drug-likeness (QED) is 0.282. The molecule has 4 nitrogen and oxygen atoms in total. The molecule has 0 bridgehead atoms. The van der Waals surface area contributed by atoms with Gasteiger partial charge < -0.3 is 14.6 Å². The number of hydrogen-bond donors (Lipinski definition) is 1. The molecular weight excluding hydrogens is 455 g/mol. The summed E-state index contributed by atoms with van der Waals surface area (Å²) in [4.78, 5) is 11.3. The Labute approximate surface area is 212 Å². The molecule has 0 saturated heterocycles. The number of carboxylic acids is 1. The van der Waals surface area contributed by atoms with Crippen molar-refractivity contribution >= 4 is 12.0 Å². The molecule has 0 heterocycles. The molecule has 0 aromatic heterocycles. The predicted octanol–water partition coefficient (Wildman–Crippen LogP) is 7.86. The van der Waals surface area contributed by atoms with Gasteiger partial charge in [0.15, 0.2) is 0 Å². The van der Waals surface area contributed by atoms with Gasteiger partial charge in [-0.25, -0.2) is 4.39 Å². The van der Waals surface area contributed by atoms with Crippen LogP contribution in [0.5, 0.6) is 11.5 Å². The molecule has 3 aromatic carbocycles. The Morgan fingerprint density at radius 3 is 2.64 bits per heavy atom. The van der Waals surface area contributed by atoms with Gasteiger partial charge in [-0.2, -0.15) is 0 Å². The van der Waals surface area contributed by atoms with Crippen molar-refractivity contribution in [2.24, 2.45) is 5.92 Å². The van der Waals surface area contributed by atoms with Gasteiger partial charge in [0.25, 0.3) is 0 Å². The van der Waals surface area contributed by atoms with E-state index in [-0.39, 0.29) is 18.2 Å². The van der Waals surface area contributed by atoms with Crippen molar-refractivity contribution in [3.8, 4) is 22.6 Å². The van der Waals surface area contributed by atoms with Crippen LogP contribution < -0.4 is 9.47 Å². The Hall–Kier alpha value is -3.60. The Kier molecular flexibility index (Phi) is 8.42. The third-order valence-corrected chi connectivity index (χ3v) is 6.54. The zero-order valence-electron chi connectivity index (χ0n) is 20.9. The van der Waals surface area contributed by atoms with Crippen LogP contribution in [0.3, 0.4) is 0 Å². The van der Waals surface area contributed by atoms with Crippen molar-refractivity contribution in [2.75, 3.05) is 7.11 Å². The second kappa shape index (κ2) is 11.9. The van der Waals surface area contributed by atoms with Crippen molar-refractivity contribution in [2.45, 2.75) is 51.6 Å². The number of rotatable bonds is 12. The summed E-state index contributed by atoms with van der Waals surface area (Å²) in [5.41, 5.74) is 4.20. The third-order valence-electron chi connectivity index (χ3n) is 6.54. The first-order chi connectivity index (χ1) is 17.5. The second-order valence-corrected chi connectivity index (χ2v) is 9.41. The van der Waals surface area contributed by atoms with Crippen molar-refractivity contribution in [1.29, 1.82) is 0 Å². The Balaban J connectivity index is 1.56. The molecular formula is C31H33FO4. The molecule has 3 aromatic rings. The number of halogens is 1. The van der Waals surface area contributed by atoms with E-state index in [2.05, 4.69) is 19.1 Å². The standard InChI is InChI=1S/C31H33FO4/c1-3-5-23(18-31(33)34)24-6-4-7-27(17-24)36-20-22-11-14-28(25(16-22)12-10-21-8-9-21)29-19-26(35-2)13-15-30(29)32/h4,6-7,10-17,19,21,23H,3,5,8-9,18,20H2,1-2H3,(H,33,34)/b12-10+/t23-/m0/s1. The fourth-order valence-corrected chi connectivity index (χ4v) is 4.42. The molecule has 4 rings (SSSR count). The highest BCUT2D eigenvalue weighted by Crippen LogP contribution is 2.35. The van der Waals surface area contributed by atoms with Crippen molar-refractivity contribution in [3.63, 3.8) is 0 Å². The van der Waals surface area contributed by atoms with Gasteiger partial charge in [0, 0.05) is 5.56 Å². The van der Waals surface area contributed by atoms with E-state index in [1.165, 1.54) is 18.9 Å². The van der Waals surface area contributed by atoms with Crippen LogP contribution >= 0.6 is 0 Å². The maximum absolute atomic E-state index is 14.7. The first kappa shape index (κ1) is 25.5. The minimum absolute atomic E-state index is 0.0349. The highest BCUT2D eigenvalue weighted by atomic mass is 19.1. The molecule has 1 N–H and O–H groups in total. The maximum Gasteiger partial charge on any atom is 0.303 e. The maximum atomic E-state index is 14.7. The van der Waals surface area contributed by atoms with Crippen LogP contribution in [0.15, 0.2) is 66.7 Å². The number of carbonyl (C=O) groups is 1. The topological polar surface area (TPSA) is 55.8 Å². The summed E-state index contributed by atoms with van der Waals surface area (Å²) in [7, 11) is 1.58. The molecule has 0 aliphatic heterocycles. The van der Waals surface area contributed by atoms with Crippen LogP contribution in [0.4, 0.5) is 4.39 Å². The van der Waals surface area contributed by atoms with Gasteiger partial charge in [-0.3, -0.25) is 4.79 Å². The molecule has 0 radical (unpaired) electrons. The minimum atomic E-state index is -0.792. The fraction of sp³-hybridized carbons (Fsp3) is 0.323. The summed E-state index contributed by atoms with van der Waals surface area (Å²) in [5, 5.41) is 9.28. The van der Waals surface area contributed by atoms with E-state index in [1.807, 2.05) is 42.5 Å². The minimum Gasteiger partial charge on any atom is -0.497 e. The molecule has 0 unspecified atom stereocenters. The Morgan fingerprint density at radius 2 is 1.92 bits per heavy atom. The van der Waals surface area contributed by atoms with E-state index < -0.39 is 5.97 Å². The van der Waals surface area contributed by atoms with E-state index in [0.717, 1.165) is 35.1 Å². The molecule has 0 spiro atoms. The van der Waals surface area contributed by atoms with Crippen LogP contribution in [0.1, 0.15) is 61.6 Å². The number of hydrogen-bond acceptors (Lipinski definition) is 3. The molecule has 5 heteroatoms. The van der Waals surface area contributed by atoms with Crippen molar-refractivity contribution in [1.82, 2.24) is 0 Å². The van der Waals surface area contributed by atoms with E-state index in [1.54, 1.807) is 19.2 Å². The number of allylic oxidation sites excluding steroid dienone is 1. The zero-order chi connectivity index (χ0) is 25.5. The summed E-state index contributed by atoms with van der Waals surface area (Å²) in [6.07, 6.45) is 8.50. The number of aliphatic carboxylic acids is 1. The molecule has 1 atom stereocenters. The summed E-state index contributed by atoms with van der Waals surface area (Å²) in [6, 6.07) is 18.4. The summed E-state index contributed by atoms with van der Waals surface area (Å²) in [6.45, 7) is 2.41. The second-order valence-electron chi connectivity index (χ2n) is 9.41. The molecule has 1 aliphatic carbocycles. The van der Waals surface area contributed by atoms with E-state index in [0.29, 0.717) is 29.6 Å². The lowest BCUT2D eigenvalue weighted by Crippen LogP contribution is -2.06. The number of methoxy groups -OCH3 is 1. The lowest BCUT2D eigenvalue weighted by molar-refractivity contribution is -0.137. The van der Waals surface area contributed by atoms with Gasteiger partial charge in [-0.15, -0.1) is 0 Å². The lowest BCUT2D eigenvalue weighted by atomic mass is 9.91. The lowest BCUT2D eigenvalue weighted by Gasteiger charge is -2.16. The van der Waals surface area contributed by atoms with Crippen LogP contribution in [-0.4, -0.2) is 18.2 Å². The third kappa shape index (κ3) is 6.75. The summed E-state index contributed by atoms with van der Waals surface area (Å²) >= 11 is 0. The summed E-state index contributed by atoms with van der Waals surface area (Å²) in [5.74, 6) is 0.793. The fourth-order valence-electron chi connectivity index (χ4n) is 4.42. The van der Waals surface area contributed by atoms with Gasteiger partial charge in [-0.05, 0) is 89.8 Å². The van der Waals surface area contributed by atoms with Gasteiger partial charge in [0.2, 0.25) is 0 Å². The molecule has 0 amide bonds. The average Bonchev–Trinajstić information content (AvgIpc) is 3.71. The first-order valence-electron chi connectivity index (χ1n) is 12.6. The van der Waals surface area contributed by atoms with Gasteiger partial charge in [0.05, 0.1) is 13.5 Å². The van der Waals surface area contributed by atoms with Crippen LogP contribution in [0.25, 0.3) is 17.2 Å². The van der Waals surface area contributed by atoms with E-state index >= 15 is 0 Å². The van der Waals surface area contributed by atoms with Crippen LogP contribution in [0, 0.1) is 11.7 Å². The van der Waals surface area contributed by atoms with E-state index in [9.17, 15) is 14.3 Å². The van der Waals surface area contributed by atoms with Crippen molar-refractivity contribution < 1.29 is 23.8 Å². The Morgan fingerprint density at radius 1 is 1.08 bits per heavy atom. The molecule has 36 heavy (non-hydrogen) atoms. The van der Waals surface area contributed by atoms with Gasteiger partial charge in [-0.1, -0.05) is 49.8 Å². The highest BCUT2D eigenvalue weighted by molar-refractivity contribution is 5.77. The SMILES string of the molecule is CCC[C@@H](CC(=O)O)c1cccc(OCc2ccc(-c3cc(OC)ccc3F)c(/C=C/C3CC3)c2)c1. The van der Waals surface area contributed by atoms with E-state index in [4.69, 9.17) is 9.47 Å². The number of ether oxygens (including phenoxy) is 2. The number of benzene rings is 3.